The highest BCUT2D eigenvalue weighted by molar-refractivity contribution is 5.84. The number of aromatic amines is 1. The van der Waals surface area contributed by atoms with E-state index in [0.717, 1.165) is 47.2 Å². The molecule has 134 valence electrons. The van der Waals surface area contributed by atoms with Crippen molar-refractivity contribution in [2.75, 3.05) is 7.11 Å². The third kappa shape index (κ3) is 2.93. The number of nitrogens with one attached hydrogen (secondary N) is 1. The van der Waals surface area contributed by atoms with Crippen molar-refractivity contribution in [2.45, 2.75) is 19.4 Å². The van der Waals surface area contributed by atoms with E-state index < -0.39 is 0 Å². The zero-order valence-corrected chi connectivity index (χ0v) is 15.3. The molecule has 2 aromatic heterocycles. The molecule has 5 rings (SSSR count). The summed E-state index contributed by atoms with van der Waals surface area (Å²) in [4.78, 5) is 8.25. The lowest BCUT2D eigenvalue weighted by molar-refractivity contribution is 0.414. The number of H-pyrrole nitrogens is 1. The van der Waals surface area contributed by atoms with Crippen LogP contribution in [0.25, 0.3) is 34.4 Å². The minimum atomic E-state index is 0.827. The number of rotatable bonds is 4. The van der Waals surface area contributed by atoms with Crippen LogP contribution in [0.4, 0.5) is 0 Å². The number of fused-ring (bicyclic) bond motifs is 2. The number of methoxy groups -OCH3 is 1. The van der Waals surface area contributed by atoms with Gasteiger partial charge in [0, 0.05) is 23.8 Å². The zero-order chi connectivity index (χ0) is 18.2. The minimum absolute atomic E-state index is 0.827. The molecule has 0 amide bonds. The summed E-state index contributed by atoms with van der Waals surface area (Å²) in [5.41, 5.74) is 3.58. The van der Waals surface area contributed by atoms with Gasteiger partial charge < -0.3 is 14.3 Å². The fourth-order valence-electron chi connectivity index (χ4n) is 3.69. The average Bonchev–Trinajstić information content (AvgIpc) is 3.32. The van der Waals surface area contributed by atoms with Gasteiger partial charge in [-0.1, -0.05) is 36.4 Å². The van der Waals surface area contributed by atoms with Crippen molar-refractivity contribution < 1.29 is 4.74 Å². The molecule has 1 N–H and O–H groups in total. The lowest BCUT2D eigenvalue weighted by Crippen LogP contribution is -2.26. The molecule has 4 heteroatoms. The summed E-state index contributed by atoms with van der Waals surface area (Å²) in [7, 11) is 1.69. The van der Waals surface area contributed by atoms with E-state index in [0.29, 0.717) is 0 Å². The Morgan fingerprint density at radius 3 is 2.70 bits per heavy atom. The van der Waals surface area contributed by atoms with Gasteiger partial charge in [0.1, 0.15) is 11.6 Å². The summed E-state index contributed by atoms with van der Waals surface area (Å²) in [6.07, 6.45) is 8.74. The SMILES string of the molecule is COc1ccc(Cn2ccc3ccc(-c4nc5c([nH]4)=CCCC=5)cc32)cc1. The largest absolute Gasteiger partial charge is 0.497 e. The van der Waals surface area contributed by atoms with E-state index in [9.17, 15) is 0 Å². The molecule has 4 aromatic rings. The Bertz CT molecular complexity index is 1200. The summed E-state index contributed by atoms with van der Waals surface area (Å²) >= 11 is 0. The quantitative estimate of drug-likeness (QED) is 0.609. The second-order valence-electron chi connectivity index (χ2n) is 6.94. The van der Waals surface area contributed by atoms with Crippen molar-refractivity contribution in [1.29, 1.82) is 0 Å². The number of ether oxygens (including phenoxy) is 1. The summed E-state index contributed by atoms with van der Waals surface area (Å²) in [5, 5.41) is 3.46. The van der Waals surface area contributed by atoms with Crippen LogP contribution < -0.4 is 15.4 Å². The van der Waals surface area contributed by atoms with Crippen molar-refractivity contribution in [1.82, 2.24) is 14.5 Å². The van der Waals surface area contributed by atoms with E-state index in [1.54, 1.807) is 7.11 Å². The molecule has 2 aromatic carbocycles. The molecule has 1 aliphatic rings. The fourth-order valence-corrected chi connectivity index (χ4v) is 3.69. The van der Waals surface area contributed by atoms with Gasteiger partial charge in [-0.05, 0) is 48.1 Å². The third-order valence-electron chi connectivity index (χ3n) is 5.17. The maximum absolute atomic E-state index is 5.25. The van der Waals surface area contributed by atoms with Crippen LogP contribution in [0.2, 0.25) is 0 Å². The molecule has 0 saturated carbocycles. The number of nitrogens with zero attached hydrogens (tertiary/aromatic N) is 2. The molecule has 0 unspecified atom stereocenters. The van der Waals surface area contributed by atoms with Crippen LogP contribution in [0.15, 0.2) is 54.7 Å². The van der Waals surface area contributed by atoms with E-state index in [2.05, 4.69) is 64.3 Å². The average molecular weight is 355 g/mol. The second kappa shape index (κ2) is 6.47. The first-order chi connectivity index (χ1) is 13.3. The number of benzene rings is 2. The molecule has 27 heavy (non-hydrogen) atoms. The molecule has 0 radical (unpaired) electrons. The van der Waals surface area contributed by atoms with Crippen LogP contribution >= 0.6 is 0 Å². The first-order valence-electron chi connectivity index (χ1n) is 9.29. The Balaban J connectivity index is 1.53. The maximum atomic E-state index is 5.25. The van der Waals surface area contributed by atoms with Gasteiger partial charge in [0.15, 0.2) is 0 Å². The van der Waals surface area contributed by atoms with E-state index in [-0.39, 0.29) is 0 Å². The highest BCUT2D eigenvalue weighted by Gasteiger charge is 2.08. The highest BCUT2D eigenvalue weighted by Crippen LogP contribution is 2.23. The van der Waals surface area contributed by atoms with Crippen molar-refractivity contribution in [2.24, 2.45) is 0 Å². The highest BCUT2D eigenvalue weighted by atomic mass is 16.5. The predicted octanol–water partition coefficient (Wildman–Crippen LogP) is 3.44. The van der Waals surface area contributed by atoms with Crippen LogP contribution in [0.5, 0.6) is 5.75 Å². The van der Waals surface area contributed by atoms with Gasteiger partial charge in [0.25, 0.3) is 0 Å². The third-order valence-corrected chi connectivity index (χ3v) is 5.17. The maximum Gasteiger partial charge on any atom is 0.138 e. The molecule has 0 fully saturated rings. The van der Waals surface area contributed by atoms with Gasteiger partial charge in [-0.25, -0.2) is 4.98 Å². The van der Waals surface area contributed by atoms with Crippen molar-refractivity contribution in [3.8, 4) is 17.1 Å². The van der Waals surface area contributed by atoms with Crippen LogP contribution in [0, 0.1) is 0 Å². The summed E-state index contributed by atoms with van der Waals surface area (Å²) in [6.45, 7) is 0.827. The van der Waals surface area contributed by atoms with Gasteiger partial charge in [-0.15, -0.1) is 0 Å². The molecule has 0 atom stereocenters. The van der Waals surface area contributed by atoms with Crippen LogP contribution in [0.1, 0.15) is 18.4 Å². The standard InChI is InChI=1S/C23H21N3O/c1-27-19-10-6-16(7-11-19)15-26-13-12-17-8-9-18(14-22(17)26)23-24-20-4-2-3-5-21(20)25-23/h4-14H,2-3,15H2,1H3,(H,24,25). The van der Waals surface area contributed by atoms with Gasteiger partial charge in [-0.3, -0.25) is 0 Å². The van der Waals surface area contributed by atoms with Crippen molar-refractivity contribution in [3.05, 3.63) is 71.0 Å². The summed E-state index contributed by atoms with van der Waals surface area (Å²) in [5.74, 6) is 1.82. The molecule has 0 bridgehead atoms. The van der Waals surface area contributed by atoms with Crippen molar-refractivity contribution >= 4 is 23.1 Å². The van der Waals surface area contributed by atoms with E-state index in [1.165, 1.54) is 16.5 Å². The smallest absolute Gasteiger partial charge is 0.138 e. The molecule has 0 spiro atoms. The lowest BCUT2D eigenvalue weighted by atomic mass is 10.1. The summed E-state index contributed by atoms with van der Waals surface area (Å²) in [6, 6.07) is 16.9. The molecule has 0 aliphatic heterocycles. The van der Waals surface area contributed by atoms with Crippen LogP contribution in [0.3, 0.4) is 0 Å². The van der Waals surface area contributed by atoms with Gasteiger partial charge >= 0.3 is 0 Å². The molecular weight excluding hydrogens is 334 g/mol. The normalized spacial score (nSPS) is 13.1. The van der Waals surface area contributed by atoms with Gasteiger partial charge in [0.05, 0.1) is 17.8 Å². The van der Waals surface area contributed by atoms with Gasteiger partial charge in [-0.2, -0.15) is 0 Å². The Hall–Kier alpha value is -3.27. The zero-order valence-electron chi connectivity index (χ0n) is 15.3. The van der Waals surface area contributed by atoms with Gasteiger partial charge in [0.2, 0.25) is 0 Å². The molecule has 0 saturated heterocycles. The Kier molecular flexibility index (Phi) is 3.82. The first-order valence-corrected chi connectivity index (χ1v) is 9.29. The number of hydrogen-bond acceptors (Lipinski definition) is 2. The Labute approximate surface area is 157 Å². The lowest BCUT2D eigenvalue weighted by Gasteiger charge is -2.08. The minimum Gasteiger partial charge on any atom is -0.497 e. The van der Waals surface area contributed by atoms with Crippen LogP contribution in [-0.4, -0.2) is 21.6 Å². The van der Waals surface area contributed by atoms with Crippen LogP contribution in [-0.2, 0) is 6.54 Å². The van der Waals surface area contributed by atoms with E-state index >= 15 is 0 Å². The molecule has 1 aliphatic carbocycles. The Morgan fingerprint density at radius 1 is 1.04 bits per heavy atom. The topological polar surface area (TPSA) is 42.8 Å². The fraction of sp³-hybridized carbons (Fsp3) is 0.174. The Morgan fingerprint density at radius 2 is 1.89 bits per heavy atom. The first kappa shape index (κ1) is 15.9. The van der Waals surface area contributed by atoms with E-state index in [1.807, 2.05) is 12.1 Å². The predicted molar refractivity (Wildman–Crippen MR) is 109 cm³/mol. The second-order valence-corrected chi connectivity index (χ2v) is 6.94. The summed E-state index contributed by atoms with van der Waals surface area (Å²) < 4.78 is 7.53. The van der Waals surface area contributed by atoms with Crippen molar-refractivity contribution in [3.63, 3.8) is 0 Å². The monoisotopic (exact) mass is 355 g/mol. The van der Waals surface area contributed by atoms with E-state index in [4.69, 9.17) is 9.72 Å². The number of aromatic nitrogens is 3. The molecule has 4 nitrogen and oxygen atoms in total. The molecule has 2 heterocycles. The molecular formula is C23H21N3O. The number of hydrogen-bond donors (Lipinski definition) is 1. The number of imidazole rings is 1.